The van der Waals surface area contributed by atoms with Crippen LogP contribution in [0.4, 0.5) is 4.79 Å². The molecule has 0 bridgehead atoms. The molecule has 2 amide bonds. The van der Waals surface area contributed by atoms with Crippen molar-refractivity contribution in [3.8, 4) is 12.3 Å². The number of terminal acetylenes is 1. The highest BCUT2D eigenvalue weighted by atomic mass is 32.2. The minimum absolute atomic E-state index is 0.0341. The third kappa shape index (κ3) is 5.03. The number of aliphatic carboxylic acids is 1. The summed E-state index contributed by atoms with van der Waals surface area (Å²) in [6.45, 7) is 2.97. The van der Waals surface area contributed by atoms with Crippen LogP contribution >= 0.6 is 11.8 Å². The van der Waals surface area contributed by atoms with Crippen LogP contribution in [-0.4, -0.2) is 52.6 Å². The van der Waals surface area contributed by atoms with Gasteiger partial charge in [-0.05, 0) is 19.8 Å². The van der Waals surface area contributed by atoms with Gasteiger partial charge in [0.15, 0.2) is 0 Å². The summed E-state index contributed by atoms with van der Waals surface area (Å²) in [5.74, 6) is 2.87. The predicted octanol–water partition coefficient (Wildman–Crippen LogP) is 1.25. The number of carbonyl (C=O) groups excluding carboxylic acids is 1. The molecule has 2 unspecified atom stereocenters. The Balaban J connectivity index is 2.30. The average Bonchev–Trinajstić information content (AvgIpc) is 2.38. The van der Waals surface area contributed by atoms with Crippen molar-refractivity contribution < 1.29 is 14.7 Å². The van der Waals surface area contributed by atoms with E-state index in [0.717, 1.165) is 5.75 Å². The van der Waals surface area contributed by atoms with Crippen molar-refractivity contribution in [2.75, 3.05) is 24.6 Å². The molecule has 6 heteroatoms. The van der Waals surface area contributed by atoms with Gasteiger partial charge < -0.3 is 15.3 Å². The summed E-state index contributed by atoms with van der Waals surface area (Å²) in [6, 6.07) is -0.147. The van der Waals surface area contributed by atoms with Gasteiger partial charge in [-0.15, -0.1) is 18.2 Å². The van der Waals surface area contributed by atoms with Gasteiger partial charge in [0.05, 0.1) is 11.7 Å². The number of carbonyl (C=O) groups is 2. The number of urea groups is 1. The number of hydrogen-bond acceptors (Lipinski definition) is 3. The Morgan fingerprint density at radius 2 is 2.32 bits per heavy atom. The minimum atomic E-state index is -0.766. The molecule has 0 aromatic heterocycles. The molecule has 1 fully saturated rings. The maximum absolute atomic E-state index is 11.9. The van der Waals surface area contributed by atoms with E-state index in [2.05, 4.69) is 11.2 Å². The second kappa shape index (κ2) is 7.95. The summed E-state index contributed by atoms with van der Waals surface area (Å²) < 4.78 is 0. The maximum atomic E-state index is 11.9. The third-order valence-corrected chi connectivity index (χ3v) is 4.06. The Morgan fingerprint density at radius 3 is 2.89 bits per heavy atom. The van der Waals surface area contributed by atoms with Crippen LogP contribution in [0.2, 0.25) is 0 Å². The van der Waals surface area contributed by atoms with Crippen LogP contribution in [0.1, 0.15) is 19.8 Å². The molecule has 0 saturated carbocycles. The quantitative estimate of drug-likeness (QED) is 0.589. The summed E-state index contributed by atoms with van der Waals surface area (Å²) in [4.78, 5) is 24.6. The van der Waals surface area contributed by atoms with Gasteiger partial charge in [0.2, 0.25) is 0 Å². The molecule has 0 aromatic carbocycles. The molecule has 0 spiro atoms. The van der Waals surface area contributed by atoms with E-state index in [1.54, 1.807) is 16.7 Å². The number of carboxylic acid groups (broad SMARTS) is 1. The fourth-order valence-corrected chi connectivity index (χ4v) is 2.67. The number of likely N-dealkylation sites (tertiary alicyclic amines) is 1. The molecule has 0 aromatic rings. The van der Waals surface area contributed by atoms with E-state index in [1.165, 1.54) is 0 Å². The second-order valence-electron chi connectivity index (χ2n) is 4.59. The molecule has 1 rings (SSSR count). The molecule has 1 saturated heterocycles. The highest BCUT2D eigenvalue weighted by Gasteiger charge is 2.31. The molecular weight excluding hydrogens is 264 g/mol. The van der Waals surface area contributed by atoms with Crippen molar-refractivity contribution in [2.24, 2.45) is 5.92 Å². The van der Waals surface area contributed by atoms with E-state index in [1.807, 2.05) is 6.92 Å². The smallest absolute Gasteiger partial charge is 0.317 e. The van der Waals surface area contributed by atoms with Crippen LogP contribution in [-0.2, 0) is 4.79 Å². The predicted molar refractivity (Wildman–Crippen MR) is 76.1 cm³/mol. The molecule has 1 heterocycles. The van der Waals surface area contributed by atoms with E-state index >= 15 is 0 Å². The van der Waals surface area contributed by atoms with Crippen molar-refractivity contribution in [1.29, 1.82) is 0 Å². The van der Waals surface area contributed by atoms with E-state index in [4.69, 9.17) is 11.5 Å². The first-order chi connectivity index (χ1) is 9.06. The van der Waals surface area contributed by atoms with E-state index < -0.39 is 5.97 Å². The number of carboxylic acids is 1. The standard InChI is InChI=1S/C13H20N2O3S/c1-3-7-19-8-5-14-13(18)15-6-4-11(12(16)17)9-10(15)2/h1,10-11H,4-9H2,2H3,(H,14,18)(H,16,17). The minimum Gasteiger partial charge on any atom is -0.481 e. The Morgan fingerprint density at radius 1 is 1.58 bits per heavy atom. The number of hydrogen-bond donors (Lipinski definition) is 2. The van der Waals surface area contributed by atoms with Crippen molar-refractivity contribution in [3.63, 3.8) is 0 Å². The fraction of sp³-hybridized carbons (Fsp3) is 0.692. The number of amides is 2. The van der Waals surface area contributed by atoms with E-state index in [-0.39, 0.29) is 18.0 Å². The summed E-state index contributed by atoms with van der Waals surface area (Å²) in [6.07, 6.45) is 6.18. The van der Waals surface area contributed by atoms with Crippen LogP contribution < -0.4 is 5.32 Å². The Kier molecular flexibility index (Phi) is 6.57. The number of piperidine rings is 1. The van der Waals surface area contributed by atoms with Gasteiger partial charge in [-0.2, -0.15) is 0 Å². The Labute approximate surface area is 118 Å². The zero-order valence-electron chi connectivity index (χ0n) is 11.1. The lowest BCUT2D eigenvalue weighted by Gasteiger charge is -2.36. The highest BCUT2D eigenvalue weighted by molar-refractivity contribution is 7.99. The molecule has 5 nitrogen and oxygen atoms in total. The third-order valence-electron chi connectivity index (χ3n) is 3.19. The van der Waals surface area contributed by atoms with E-state index in [9.17, 15) is 9.59 Å². The van der Waals surface area contributed by atoms with Gasteiger partial charge in [-0.3, -0.25) is 4.79 Å². The molecule has 1 aliphatic heterocycles. The number of thioether (sulfide) groups is 1. The van der Waals surface area contributed by atoms with Gasteiger partial charge in [-0.1, -0.05) is 5.92 Å². The Bertz CT molecular complexity index is 367. The van der Waals surface area contributed by atoms with Crippen LogP contribution in [0.3, 0.4) is 0 Å². The summed E-state index contributed by atoms with van der Waals surface area (Å²) in [5.41, 5.74) is 0. The summed E-state index contributed by atoms with van der Waals surface area (Å²) in [7, 11) is 0. The van der Waals surface area contributed by atoms with Crippen molar-refractivity contribution in [1.82, 2.24) is 10.2 Å². The SMILES string of the molecule is C#CCSCCNC(=O)N1CCC(C(=O)O)CC1C. The zero-order chi connectivity index (χ0) is 14.3. The van der Waals surface area contributed by atoms with Gasteiger partial charge in [0.1, 0.15) is 0 Å². The van der Waals surface area contributed by atoms with E-state index in [0.29, 0.717) is 31.7 Å². The molecule has 2 N–H and O–H groups in total. The number of nitrogens with one attached hydrogen (secondary N) is 1. The van der Waals surface area contributed by atoms with Crippen molar-refractivity contribution >= 4 is 23.8 Å². The molecule has 1 aliphatic rings. The first-order valence-corrected chi connectivity index (χ1v) is 7.50. The maximum Gasteiger partial charge on any atom is 0.317 e. The molecule has 19 heavy (non-hydrogen) atoms. The normalized spacial score (nSPS) is 22.6. The van der Waals surface area contributed by atoms with Crippen LogP contribution in [0, 0.1) is 18.3 Å². The highest BCUT2D eigenvalue weighted by Crippen LogP contribution is 2.22. The lowest BCUT2D eigenvalue weighted by Crippen LogP contribution is -2.50. The number of nitrogens with zero attached hydrogens (tertiary/aromatic N) is 1. The van der Waals surface area contributed by atoms with Gasteiger partial charge in [-0.25, -0.2) is 4.79 Å². The first kappa shape index (κ1) is 15.7. The topological polar surface area (TPSA) is 69.6 Å². The van der Waals surface area contributed by atoms with Crippen molar-refractivity contribution in [3.05, 3.63) is 0 Å². The van der Waals surface area contributed by atoms with Crippen molar-refractivity contribution in [2.45, 2.75) is 25.8 Å². The van der Waals surface area contributed by atoms with Gasteiger partial charge >= 0.3 is 12.0 Å². The van der Waals surface area contributed by atoms with Gasteiger partial charge in [0, 0.05) is 24.9 Å². The van der Waals surface area contributed by atoms with Crippen LogP contribution in [0.5, 0.6) is 0 Å². The number of rotatable bonds is 5. The molecule has 0 aliphatic carbocycles. The monoisotopic (exact) mass is 284 g/mol. The largest absolute Gasteiger partial charge is 0.481 e. The first-order valence-electron chi connectivity index (χ1n) is 6.34. The lowest BCUT2D eigenvalue weighted by molar-refractivity contribution is -0.143. The second-order valence-corrected chi connectivity index (χ2v) is 5.70. The van der Waals surface area contributed by atoms with Gasteiger partial charge in [0.25, 0.3) is 0 Å². The Hall–Kier alpha value is -1.35. The lowest BCUT2D eigenvalue weighted by atomic mass is 9.92. The van der Waals surface area contributed by atoms with Crippen LogP contribution in [0.15, 0.2) is 0 Å². The molecule has 0 radical (unpaired) electrons. The zero-order valence-corrected chi connectivity index (χ0v) is 11.9. The molecule has 2 atom stereocenters. The fourth-order valence-electron chi connectivity index (χ4n) is 2.16. The summed E-state index contributed by atoms with van der Waals surface area (Å²) >= 11 is 1.60. The van der Waals surface area contributed by atoms with Crippen LogP contribution in [0.25, 0.3) is 0 Å². The molecular formula is C13H20N2O3S. The summed E-state index contributed by atoms with van der Waals surface area (Å²) in [5, 5.41) is 11.8. The average molecular weight is 284 g/mol. The molecule has 106 valence electrons.